The van der Waals surface area contributed by atoms with Gasteiger partial charge in [-0.05, 0) is 24.8 Å². The monoisotopic (exact) mass is 275 g/mol. The minimum absolute atomic E-state index is 0.0742. The highest BCUT2D eigenvalue weighted by molar-refractivity contribution is 5.39. The van der Waals surface area contributed by atoms with Crippen molar-refractivity contribution in [3.05, 3.63) is 29.8 Å². The molecule has 20 heavy (non-hydrogen) atoms. The van der Waals surface area contributed by atoms with E-state index in [0.717, 1.165) is 31.7 Å². The van der Waals surface area contributed by atoms with Gasteiger partial charge in [-0.25, -0.2) is 0 Å². The molecule has 1 aromatic rings. The van der Waals surface area contributed by atoms with Gasteiger partial charge >= 0.3 is 0 Å². The minimum atomic E-state index is -0.0742. The molecule has 0 spiro atoms. The first-order chi connectivity index (χ1) is 9.72. The van der Waals surface area contributed by atoms with Crippen molar-refractivity contribution < 1.29 is 9.84 Å². The Morgan fingerprint density at radius 3 is 3.05 bits per heavy atom. The van der Waals surface area contributed by atoms with Crippen molar-refractivity contribution in [2.24, 2.45) is 5.92 Å². The van der Waals surface area contributed by atoms with Gasteiger partial charge in [0.2, 0.25) is 0 Å². The fourth-order valence-electron chi connectivity index (χ4n) is 3.76. The minimum Gasteiger partial charge on any atom is -0.493 e. The number of rotatable bonds is 4. The van der Waals surface area contributed by atoms with E-state index in [1.165, 1.54) is 18.4 Å². The summed E-state index contributed by atoms with van der Waals surface area (Å²) in [5.74, 6) is 2.14. The average Bonchev–Trinajstić information content (AvgIpc) is 2.88. The maximum absolute atomic E-state index is 9.83. The quantitative estimate of drug-likeness (QED) is 0.887. The summed E-state index contributed by atoms with van der Waals surface area (Å²) in [5, 5.41) is 13.5. The second kappa shape index (κ2) is 5.74. The molecule has 0 amide bonds. The van der Waals surface area contributed by atoms with Gasteiger partial charge in [-0.1, -0.05) is 38.0 Å². The van der Waals surface area contributed by atoms with Crippen molar-refractivity contribution >= 4 is 0 Å². The van der Waals surface area contributed by atoms with E-state index in [2.05, 4.69) is 24.4 Å². The number of para-hydroxylation sites is 1. The number of hydrogen-bond donors (Lipinski definition) is 2. The van der Waals surface area contributed by atoms with Gasteiger partial charge in [0.1, 0.15) is 5.75 Å². The standard InChI is InChI=1S/C17H25NO2/c1-13-5-4-8-17(9-13,12-19)18-10-14-11-20-16-7-3-2-6-15(14)16/h2-3,6-7,13-14,18-19H,4-5,8-12H2,1H3. The summed E-state index contributed by atoms with van der Waals surface area (Å²) in [6.07, 6.45) is 4.67. The molecule has 0 saturated heterocycles. The topological polar surface area (TPSA) is 41.5 Å². The lowest BCUT2D eigenvalue weighted by molar-refractivity contribution is 0.0974. The normalized spacial score (nSPS) is 32.7. The molecule has 3 heteroatoms. The number of ether oxygens (including phenoxy) is 1. The zero-order valence-electron chi connectivity index (χ0n) is 12.3. The summed E-state index contributed by atoms with van der Waals surface area (Å²) in [7, 11) is 0. The maximum Gasteiger partial charge on any atom is 0.122 e. The zero-order valence-corrected chi connectivity index (χ0v) is 12.3. The molecule has 1 fully saturated rings. The summed E-state index contributed by atoms with van der Waals surface area (Å²) in [6, 6.07) is 8.29. The Morgan fingerprint density at radius 1 is 1.40 bits per heavy atom. The fourth-order valence-corrected chi connectivity index (χ4v) is 3.76. The number of fused-ring (bicyclic) bond motifs is 1. The molecule has 1 saturated carbocycles. The van der Waals surface area contributed by atoms with Gasteiger partial charge in [0.05, 0.1) is 13.2 Å². The fraction of sp³-hybridized carbons (Fsp3) is 0.647. The van der Waals surface area contributed by atoms with E-state index in [1.807, 2.05) is 12.1 Å². The molecule has 1 aromatic carbocycles. The SMILES string of the molecule is CC1CCCC(CO)(NCC2COc3ccccc32)C1. The molecule has 3 unspecified atom stereocenters. The molecule has 1 heterocycles. The van der Waals surface area contributed by atoms with Crippen LogP contribution in [0.5, 0.6) is 5.75 Å². The van der Waals surface area contributed by atoms with Crippen molar-refractivity contribution in [3.8, 4) is 5.75 Å². The van der Waals surface area contributed by atoms with Crippen LogP contribution in [-0.2, 0) is 0 Å². The predicted molar refractivity (Wildman–Crippen MR) is 80.1 cm³/mol. The van der Waals surface area contributed by atoms with E-state index < -0.39 is 0 Å². The van der Waals surface area contributed by atoms with Crippen LogP contribution in [0.4, 0.5) is 0 Å². The van der Waals surface area contributed by atoms with Crippen LogP contribution >= 0.6 is 0 Å². The van der Waals surface area contributed by atoms with E-state index in [1.54, 1.807) is 0 Å². The smallest absolute Gasteiger partial charge is 0.122 e. The van der Waals surface area contributed by atoms with Gasteiger partial charge in [0, 0.05) is 23.6 Å². The first-order valence-electron chi connectivity index (χ1n) is 7.80. The Hall–Kier alpha value is -1.06. The van der Waals surface area contributed by atoms with E-state index in [0.29, 0.717) is 11.8 Å². The van der Waals surface area contributed by atoms with Crippen LogP contribution in [0.3, 0.4) is 0 Å². The molecule has 2 aliphatic rings. The first-order valence-corrected chi connectivity index (χ1v) is 7.80. The average molecular weight is 275 g/mol. The molecule has 0 aromatic heterocycles. The van der Waals surface area contributed by atoms with Crippen molar-refractivity contribution in [1.82, 2.24) is 5.32 Å². The zero-order chi connectivity index (χ0) is 14.0. The third-order valence-electron chi connectivity index (χ3n) is 4.92. The summed E-state index contributed by atoms with van der Waals surface area (Å²) in [5.41, 5.74) is 1.23. The lowest BCUT2D eigenvalue weighted by Crippen LogP contribution is -2.52. The Kier molecular flexibility index (Phi) is 3.99. The highest BCUT2D eigenvalue weighted by Crippen LogP contribution is 2.35. The van der Waals surface area contributed by atoms with Crippen molar-refractivity contribution in [2.45, 2.75) is 44.1 Å². The third-order valence-corrected chi connectivity index (χ3v) is 4.92. The third kappa shape index (κ3) is 2.70. The van der Waals surface area contributed by atoms with Gasteiger partial charge in [-0.2, -0.15) is 0 Å². The highest BCUT2D eigenvalue weighted by Gasteiger charge is 2.35. The van der Waals surface area contributed by atoms with Crippen LogP contribution in [0.25, 0.3) is 0 Å². The molecule has 0 bridgehead atoms. The number of aliphatic hydroxyl groups is 1. The molecule has 0 radical (unpaired) electrons. The highest BCUT2D eigenvalue weighted by atomic mass is 16.5. The van der Waals surface area contributed by atoms with Gasteiger partial charge in [0.15, 0.2) is 0 Å². The molecule has 3 rings (SSSR count). The van der Waals surface area contributed by atoms with E-state index >= 15 is 0 Å². The summed E-state index contributed by atoms with van der Waals surface area (Å²) >= 11 is 0. The summed E-state index contributed by atoms with van der Waals surface area (Å²) in [4.78, 5) is 0. The molecular weight excluding hydrogens is 250 g/mol. The Balaban J connectivity index is 1.64. The van der Waals surface area contributed by atoms with Gasteiger partial charge in [-0.3, -0.25) is 0 Å². The van der Waals surface area contributed by atoms with Crippen LogP contribution in [-0.4, -0.2) is 30.4 Å². The Bertz CT molecular complexity index is 462. The largest absolute Gasteiger partial charge is 0.493 e. The second-order valence-electron chi connectivity index (χ2n) is 6.57. The van der Waals surface area contributed by atoms with Gasteiger partial charge < -0.3 is 15.2 Å². The lowest BCUT2D eigenvalue weighted by atomic mass is 9.76. The van der Waals surface area contributed by atoms with Crippen molar-refractivity contribution in [3.63, 3.8) is 0 Å². The molecule has 3 atom stereocenters. The molecule has 110 valence electrons. The van der Waals surface area contributed by atoms with Gasteiger partial charge in [-0.15, -0.1) is 0 Å². The summed E-state index contributed by atoms with van der Waals surface area (Å²) in [6.45, 7) is 4.18. The predicted octanol–water partition coefficient (Wildman–Crippen LogP) is 2.69. The molecule has 2 N–H and O–H groups in total. The van der Waals surface area contributed by atoms with E-state index in [-0.39, 0.29) is 12.1 Å². The van der Waals surface area contributed by atoms with Crippen LogP contribution in [0.2, 0.25) is 0 Å². The number of nitrogens with one attached hydrogen (secondary N) is 1. The molecule has 1 aliphatic heterocycles. The summed E-state index contributed by atoms with van der Waals surface area (Å²) < 4.78 is 5.74. The molecule has 3 nitrogen and oxygen atoms in total. The van der Waals surface area contributed by atoms with Crippen LogP contribution in [0.15, 0.2) is 24.3 Å². The van der Waals surface area contributed by atoms with Crippen LogP contribution in [0, 0.1) is 5.92 Å². The van der Waals surface area contributed by atoms with Crippen molar-refractivity contribution in [1.29, 1.82) is 0 Å². The van der Waals surface area contributed by atoms with E-state index in [9.17, 15) is 5.11 Å². The number of benzene rings is 1. The number of aliphatic hydroxyl groups excluding tert-OH is 1. The van der Waals surface area contributed by atoms with Crippen LogP contribution < -0.4 is 10.1 Å². The lowest BCUT2D eigenvalue weighted by Gasteiger charge is -2.40. The van der Waals surface area contributed by atoms with E-state index in [4.69, 9.17) is 4.74 Å². The maximum atomic E-state index is 9.83. The Morgan fingerprint density at radius 2 is 2.25 bits per heavy atom. The van der Waals surface area contributed by atoms with Crippen LogP contribution in [0.1, 0.15) is 44.1 Å². The molecular formula is C17H25NO2. The second-order valence-corrected chi connectivity index (χ2v) is 6.57. The van der Waals surface area contributed by atoms with Gasteiger partial charge in [0.25, 0.3) is 0 Å². The van der Waals surface area contributed by atoms with Crippen molar-refractivity contribution in [2.75, 3.05) is 19.8 Å². The Labute approximate surface area is 121 Å². The number of hydrogen-bond acceptors (Lipinski definition) is 3. The first kappa shape index (κ1) is 13.9. The molecule has 1 aliphatic carbocycles.